The largest absolute Gasteiger partial charge is 0.339 e. The third-order valence-corrected chi connectivity index (χ3v) is 12.3. The van der Waals surface area contributed by atoms with E-state index in [0.717, 1.165) is 77.2 Å². The van der Waals surface area contributed by atoms with Crippen LogP contribution in [-0.2, 0) is 34.2 Å². The second kappa shape index (κ2) is 18.5. The Hall–Kier alpha value is -3.83. The highest BCUT2D eigenvalue weighted by atomic mass is 79.9. The number of likely N-dealkylation sites (tertiary alicyclic amines) is 1. The van der Waals surface area contributed by atoms with E-state index in [1.807, 2.05) is 76.5 Å². The van der Waals surface area contributed by atoms with E-state index in [4.69, 9.17) is 5.14 Å². The lowest BCUT2D eigenvalue weighted by Gasteiger charge is -2.32. The van der Waals surface area contributed by atoms with Crippen molar-refractivity contribution in [1.82, 2.24) is 15.1 Å². The predicted octanol–water partition coefficient (Wildman–Crippen LogP) is 7.60. The normalized spacial score (nSPS) is 15.7. The van der Waals surface area contributed by atoms with Gasteiger partial charge in [0.25, 0.3) is 5.91 Å². The quantitative estimate of drug-likeness (QED) is 0.137. The minimum atomic E-state index is -3.78. The van der Waals surface area contributed by atoms with Crippen LogP contribution in [0.2, 0.25) is 0 Å². The molecular formula is C43H51BrN4O4S. The molecule has 2 fully saturated rings. The Balaban J connectivity index is 1.09. The predicted molar refractivity (Wildman–Crippen MR) is 215 cm³/mol. The molecule has 8 nitrogen and oxygen atoms in total. The molecule has 0 aliphatic carbocycles. The number of hydrogen-bond donors (Lipinski definition) is 2. The first-order valence-electron chi connectivity index (χ1n) is 18.9. The van der Waals surface area contributed by atoms with Gasteiger partial charge in [0.1, 0.15) is 0 Å². The van der Waals surface area contributed by atoms with Crippen LogP contribution in [0.3, 0.4) is 0 Å². The number of nitrogens with two attached hydrogens (primary N) is 1. The molecular weight excluding hydrogens is 748 g/mol. The average Bonchev–Trinajstić information content (AvgIpc) is 3.17. The molecule has 0 spiro atoms. The van der Waals surface area contributed by atoms with E-state index in [1.54, 1.807) is 12.1 Å². The summed E-state index contributed by atoms with van der Waals surface area (Å²) in [6.07, 6.45) is 9.51. The van der Waals surface area contributed by atoms with Gasteiger partial charge in [-0.15, -0.1) is 0 Å². The summed E-state index contributed by atoms with van der Waals surface area (Å²) in [6.45, 7) is 4.81. The summed E-state index contributed by atoms with van der Waals surface area (Å²) in [5.74, 6) is 1.68. The van der Waals surface area contributed by atoms with Gasteiger partial charge in [-0.3, -0.25) is 9.59 Å². The van der Waals surface area contributed by atoms with Crippen LogP contribution < -0.4 is 10.5 Å². The summed E-state index contributed by atoms with van der Waals surface area (Å²) >= 11 is 3.51. The maximum atomic E-state index is 13.8. The Labute approximate surface area is 323 Å². The molecule has 4 aromatic rings. The van der Waals surface area contributed by atoms with Gasteiger partial charge >= 0.3 is 0 Å². The van der Waals surface area contributed by atoms with Crippen LogP contribution >= 0.6 is 15.9 Å². The first-order chi connectivity index (χ1) is 25.6. The van der Waals surface area contributed by atoms with Crippen LogP contribution in [0.5, 0.6) is 0 Å². The second-order valence-corrected chi connectivity index (χ2v) is 17.2. The average molecular weight is 800 g/mol. The van der Waals surface area contributed by atoms with E-state index in [2.05, 4.69) is 27.3 Å². The van der Waals surface area contributed by atoms with Crippen LogP contribution in [-0.4, -0.2) is 62.8 Å². The summed E-state index contributed by atoms with van der Waals surface area (Å²) < 4.78 is 24.4. The van der Waals surface area contributed by atoms with Crippen molar-refractivity contribution in [3.63, 3.8) is 0 Å². The highest BCUT2D eigenvalue weighted by molar-refractivity contribution is 9.10. The SMILES string of the molecule is NS(=O)(=O)c1ccc(CCN(Cc2cccc(-c3cccc(C(=O)N4CCC(CCCC5CCNCC5)CC4)c3)c2)C(=O)Cc2cccc(Br)c2)cc1. The number of nitrogens with one attached hydrogen (secondary N) is 1. The Morgan fingerprint density at radius 3 is 2.11 bits per heavy atom. The first kappa shape index (κ1) is 38.9. The molecule has 10 heteroatoms. The third-order valence-electron chi connectivity index (χ3n) is 10.8. The van der Waals surface area contributed by atoms with Crippen LogP contribution in [0.15, 0.2) is 106 Å². The third kappa shape index (κ3) is 11.3. The molecule has 53 heavy (non-hydrogen) atoms. The van der Waals surface area contributed by atoms with E-state index in [0.29, 0.717) is 31.0 Å². The zero-order valence-electron chi connectivity index (χ0n) is 30.4. The lowest BCUT2D eigenvalue weighted by Crippen LogP contribution is -2.38. The summed E-state index contributed by atoms with van der Waals surface area (Å²) in [7, 11) is -3.78. The molecule has 6 rings (SSSR count). The molecule has 2 amide bonds. The molecule has 2 aliphatic heterocycles. The summed E-state index contributed by atoms with van der Waals surface area (Å²) in [5.41, 5.74) is 5.46. The smallest absolute Gasteiger partial charge is 0.253 e. The first-order valence-corrected chi connectivity index (χ1v) is 21.3. The van der Waals surface area contributed by atoms with Crippen molar-refractivity contribution in [2.75, 3.05) is 32.7 Å². The molecule has 0 atom stereocenters. The number of hydrogen-bond acceptors (Lipinski definition) is 5. The minimum Gasteiger partial charge on any atom is -0.339 e. The number of carbonyl (C=O) groups excluding carboxylic acids is 2. The Morgan fingerprint density at radius 1 is 0.774 bits per heavy atom. The van der Waals surface area contributed by atoms with Gasteiger partial charge in [0.2, 0.25) is 15.9 Å². The Morgan fingerprint density at radius 2 is 1.42 bits per heavy atom. The topological polar surface area (TPSA) is 113 Å². The fraction of sp³-hybridized carbons (Fsp3) is 0.395. The molecule has 0 radical (unpaired) electrons. The molecule has 280 valence electrons. The zero-order chi connectivity index (χ0) is 37.2. The Bertz CT molecular complexity index is 1960. The summed E-state index contributed by atoms with van der Waals surface area (Å²) in [5, 5.41) is 8.75. The number of sulfonamides is 1. The van der Waals surface area contributed by atoms with Crippen molar-refractivity contribution >= 4 is 37.8 Å². The number of nitrogens with zero attached hydrogens (tertiary/aromatic N) is 2. The van der Waals surface area contributed by atoms with Gasteiger partial charge in [-0.2, -0.15) is 0 Å². The summed E-state index contributed by atoms with van der Waals surface area (Å²) in [6, 6.07) is 30.3. The number of amides is 2. The van der Waals surface area contributed by atoms with Crippen LogP contribution in [0.4, 0.5) is 0 Å². The van der Waals surface area contributed by atoms with Crippen molar-refractivity contribution in [2.24, 2.45) is 17.0 Å². The van der Waals surface area contributed by atoms with Crippen molar-refractivity contribution in [1.29, 1.82) is 0 Å². The van der Waals surface area contributed by atoms with E-state index >= 15 is 0 Å². The monoisotopic (exact) mass is 798 g/mol. The lowest BCUT2D eigenvalue weighted by atomic mass is 9.87. The maximum absolute atomic E-state index is 13.8. The number of primary sulfonamides is 1. The van der Waals surface area contributed by atoms with Gasteiger partial charge in [-0.1, -0.05) is 89.8 Å². The van der Waals surface area contributed by atoms with E-state index in [9.17, 15) is 18.0 Å². The van der Waals surface area contributed by atoms with Gasteiger partial charge in [-0.25, -0.2) is 13.6 Å². The molecule has 3 N–H and O–H groups in total. The maximum Gasteiger partial charge on any atom is 0.253 e. The van der Waals surface area contributed by atoms with Gasteiger partial charge < -0.3 is 15.1 Å². The standard InChI is InChI=1S/C43H51BrN4O4S/c44-40-12-3-7-35(28-40)29-42(49)48(26-21-34-13-15-41(16-14-34)53(45,51)52)31-36-8-2-9-37(27-36)38-10-4-11-39(30-38)43(50)47-24-19-33(20-25-47)6-1-5-32-17-22-46-23-18-32/h2-4,7-16,27-28,30,32-33,46H,1,5-6,17-26,29,31H2,(H2,45,51,52). The van der Waals surface area contributed by atoms with Gasteiger partial charge in [0, 0.05) is 36.2 Å². The van der Waals surface area contributed by atoms with E-state index < -0.39 is 10.0 Å². The molecule has 0 unspecified atom stereocenters. The molecule has 2 heterocycles. The van der Waals surface area contributed by atoms with Crippen LogP contribution in [0, 0.1) is 11.8 Å². The molecule has 2 saturated heterocycles. The van der Waals surface area contributed by atoms with Crippen molar-refractivity contribution in [2.45, 2.75) is 69.2 Å². The summed E-state index contributed by atoms with van der Waals surface area (Å²) in [4.78, 5) is 31.4. The lowest BCUT2D eigenvalue weighted by molar-refractivity contribution is -0.131. The highest BCUT2D eigenvalue weighted by Gasteiger charge is 2.24. The van der Waals surface area contributed by atoms with Gasteiger partial charge in [-0.05, 0) is 127 Å². The fourth-order valence-corrected chi connectivity index (χ4v) is 8.67. The highest BCUT2D eigenvalue weighted by Crippen LogP contribution is 2.28. The molecule has 2 aliphatic rings. The number of piperidine rings is 2. The number of benzene rings is 4. The molecule has 0 aromatic heterocycles. The second-order valence-electron chi connectivity index (χ2n) is 14.7. The van der Waals surface area contributed by atoms with E-state index in [1.165, 1.54) is 44.2 Å². The van der Waals surface area contributed by atoms with Crippen molar-refractivity contribution < 1.29 is 18.0 Å². The molecule has 0 saturated carbocycles. The minimum absolute atomic E-state index is 0.00667. The number of halogens is 1. The van der Waals surface area contributed by atoms with Crippen LogP contribution in [0.25, 0.3) is 11.1 Å². The van der Waals surface area contributed by atoms with Gasteiger partial charge in [0.05, 0.1) is 11.3 Å². The number of carbonyl (C=O) groups is 2. The van der Waals surface area contributed by atoms with Crippen LogP contribution in [0.1, 0.15) is 72.0 Å². The molecule has 0 bridgehead atoms. The zero-order valence-corrected chi connectivity index (χ0v) is 32.8. The van der Waals surface area contributed by atoms with Gasteiger partial charge in [0.15, 0.2) is 0 Å². The van der Waals surface area contributed by atoms with Crippen molar-refractivity contribution in [3.05, 3.63) is 124 Å². The Kier molecular flexibility index (Phi) is 13.6. The number of rotatable bonds is 14. The van der Waals surface area contributed by atoms with Crippen molar-refractivity contribution in [3.8, 4) is 11.1 Å². The molecule has 4 aromatic carbocycles. The fourth-order valence-electron chi connectivity index (χ4n) is 7.71. The van der Waals surface area contributed by atoms with E-state index in [-0.39, 0.29) is 23.1 Å².